The van der Waals surface area contributed by atoms with Crippen molar-refractivity contribution in [2.24, 2.45) is 11.3 Å². The van der Waals surface area contributed by atoms with E-state index in [4.69, 9.17) is 9.47 Å². The highest BCUT2D eigenvalue weighted by Gasteiger charge is 2.40. The lowest BCUT2D eigenvalue weighted by Gasteiger charge is -2.27. The minimum absolute atomic E-state index is 0.196. The van der Waals surface area contributed by atoms with Gasteiger partial charge in [0, 0.05) is 19.6 Å². The van der Waals surface area contributed by atoms with E-state index >= 15 is 0 Å². The van der Waals surface area contributed by atoms with Crippen LogP contribution >= 0.6 is 0 Å². The Morgan fingerprint density at radius 3 is 2.29 bits per heavy atom. The Hall–Kier alpha value is -0.340. The number of hydrogen-bond donors (Lipinski definition) is 0. The Balaban J connectivity index is 2.66. The highest BCUT2D eigenvalue weighted by atomic mass is 16.5. The van der Waals surface area contributed by atoms with E-state index in [9.17, 15) is 0 Å². The molecule has 0 heterocycles. The van der Waals surface area contributed by atoms with Gasteiger partial charge in [-0.25, -0.2) is 0 Å². The predicted molar refractivity (Wildman–Crippen MR) is 58.3 cm³/mol. The topological polar surface area (TPSA) is 18.5 Å². The van der Waals surface area contributed by atoms with Crippen LogP contribution in [0.4, 0.5) is 0 Å². The average Bonchev–Trinajstić information content (AvgIpc) is 2.44. The molecule has 0 aromatic rings. The van der Waals surface area contributed by atoms with E-state index in [1.807, 2.05) is 0 Å². The van der Waals surface area contributed by atoms with E-state index in [2.05, 4.69) is 13.5 Å². The molecule has 1 aliphatic rings. The van der Waals surface area contributed by atoms with E-state index in [0.717, 1.165) is 19.6 Å². The van der Waals surface area contributed by atoms with Crippen molar-refractivity contribution in [1.82, 2.24) is 0 Å². The first kappa shape index (κ1) is 11.7. The van der Waals surface area contributed by atoms with Gasteiger partial charge in [0.05, 0.1) is 13.2 Å². The summed E-state index contributed by atoms with van der Waals surface area (Å²) in [4.78, 5) is 0. The molecule has 0 amide bonds. The van der Waals surface area contributed by atoms with Crippen LogP contribution in [-0.4, -0.2) is 27.4 Å². The van der Waals surface area contributed by atoms with Crippen LogP contribution in [0.1, 0.15) is 26.2 Å². The molecule has 1 atom stereocenters. The second-order valence-electron chi connectivity index (χ2n) is 4.51. The van der Waals surface area contributed by atoms with Gasteiger partial charge in [0.1, 0.15) is 0 Å². The zero-order chi connectivity index (χ0) is 10.6. The van der Waals surface area contributed by atoms with Crippen molar-refractivity contribution >= 4 is 0 Å². The van der Waals surface area contributed by atoms with Gasteiger partial charge >= 0.3 is 0 Å². The van der Waals surface area contributed by atoms with Crippen molar-refractivity contribution in [1.29, 1.82) is 0 Å². The smallest absolute Gasteiger partial charge is 0.0544 e. The zero-order valence-electron chi connectivity index (χ0n) is 9.64. The van der Waals surface area contributed by atoms with Crippen LogP contribution in [-0.2, 0) is 9.47 Å². The Morgan fingerprint density at radius 1 is 1.36 bits per heavy atom. The third kappa shape index (κ3) is 2.37. The number of rotatable bonds is 5. The molecule has 0 unspecified atom stereocenters. The molecular weight excluding hydrogens is 176 g/mol. The van der Waals surface area contributed by atoms with Gasteiger partial charge in [-0.1, -0.05) is 19.1 Å². The molecule has 0 aliphatic heterocycles. The lowest BCUT2D eigenvalue weighted by molar-refractivity contribution is 0.0129. The van der Waals surface area contributed by atoms with E-state index in [-0.39, 0.29) is 5.41 Å². The van der Waals surface area contributed by atoms with Crippen molar-refractivity contribution in [3.63, 3.8) is 0 Å². The van der Waals surface area contributed by atoms with E-state index in [0.29, 0.717) is 5.92 Å². The Labute approximate surface area is 87.3 Å². The first-order valence-corrected chi connectivity index (χ1v) is 5.33. The third-order valence-corrected chi connectivity index (χ3v) is 3.25. The number of ether oxygens (including phenoxy) is 2. The van der Waals surface area contributed by atoms with Crippen molar-refractivity contribution in [3.05, 3.63) is 12.2 Å². The molecule has 2 heteroatoms. The molecule has 2 nitrogen and oxygen atoms in total. The summed E-state index contributed by atoms with van der Waals surface area (Å²) in [6.07, 6.45) is 3.42. The van der Waals surface area contributed by atoms with Gasteiger partial charge in [-0.05, 0) is 25.2 Å². The van der Waals surface area contributed by atoms with Gasteiger partial charge in [-0.15, -0.1) is 0 Å². The highest BCUT2D eigenvalue weighted by molar-refractivity contribution is 5.13. The van der Waals surface area contributed by atoms with Crippen LogP contribution in [0.2, 0.25) is 0 Å². The first-order chi connectivity index (χ1) is 6.67. The zero-order valence-corrected chi connectivity index (χ0v) is 9.64. The van der Waals surface area contributed by atoms with Gasteiger partial charge in [0.2, 0.25) is 0 Å². The molecule has 1 aliphatic carbocycles. The fourth-order valence-electron chi connectivity index (χ4n) is 2.67. The summed E-state index contributed by atoms with van der Waals surface area (Å²) in [5, 5.41) is 0. The molecule has 14 heavy (non-hydrogen) atoms. The summed E-state index contributed by atoms with van der Waals surface area (Å²) in [7, 11) is 3.53. The molecule has 0 aromatic carbocycles. The largest absolute Gasteiger partial charge is 0.384 e. The quantitative estimate of drug-likeness (QED) is 0.632. The molecule has 1 saturated carbocycles. The van der Waals surface area contributed by atoms with Crippen molar-refractivity contribution < 1.29 is 9.47 Å². The number of methoxy groups -OCH3 is 2. The molecule has 1 fully saturated rings. The first-order valence-electron chi connectivity index (χ1n) is 5.33. The van der Waals surface area contributed by atoms with Gasteiger partial charge in [-0.3, -0.25) is 0 Å². The Kier molecular flexibility index (Phi) is 4.14. The summed E-state index contributed by atoms with van der Waals surface area (Å²) in [5.74, 6) is 0.667. The molecule has 0 radical (unpaired) electrons. The second kappa shape index (κ2) is 4.94. The molecular formula is C12H22O2. The maximum absolute atomic E-state index is 5.30. The van der Waals surface area contributed by atoms with Gasteiger partial charge in [-0.2, -0.15) is 0 Å². The molecule has 0 spiro atoms. The standard InChI is InChI=1S/C12H22O2/c1-5-11-7-12(8-13-3,9-14-4)6-10(11)2/h11H,2,5-9H2,1,3-4H3/t11-/m0/s1. The lowest BCUT2D eigenvalue weighted by atomic mass is 9.86. The molecule has 0 saturated heterocycles. The van der Waals surface area contributed by atoms with E-state index in [1.54, 1.807) is 14.2 Å². The van der Waals surface area contributed by atoms with Crippen molar-refractivity contribution in [2.45, 2.75) is 26.2 Å². The lowest BCUT2D eigenvalue weighted by Crippen LogP contribution is -2.28. The van der Waals surface area contributed by atoms with Crippen LogP contribution in [0.25, 0.3) is 0 Å². The summed E-state index contributed by atoms with van der Waals surface area (Å²) >= 11 is 0. The van der Waals surface area contributed by atoms with Crippen LogP contribution in [0.5, 0.6) is 0 Å². The minimum atomic E-state index is 0.196. The third-order valence-electron chi connectivity index (χ3n) is 3.25. The van der Waals surface area contributed by atoms with Gasteiger partial charge < -0.3 is 9.47 Å². The molecule has 82 valence electrons. The van der Waals surface area contributed by atoms with Crippen molar-refractivity contribution in [3.8, 4) is 0 Å². The van der Waals surface area contributed by atoms with Crippen LogP contribution in [0.3, 0.4) is 0 Å². The monoisotopic (exact) mass is 198 g/mol. The number of hydrogen-bond acceptors (Lipinski definition) is 2. The fraction of sp³-hybridized carbons (Fsp3) is 0.833. The summed E-state index contributed by atoms with van der Waals surface area (Å²) in [5.41, 5.74) is 1.57. The molecule has 0 aromatic heterocycles. The maximum atomic E-state index is 5.30. The maximum Gasteiger partial charge on any atom is 0.0544 e. The SMILES string of the molecule is C=C1CC(COC)(COC)C[C@@H]1CC. The summed E-state index contributed by atoms with van der Waals surface area (Å²) in [6, 6.07) is 0. The normalized spacial score (nSPS) is 25.6. The average molecular weight is 198 g/mol. The molecule has 0 N–H and O–H groups in total. The van der Waals surface area contributed by atoms with Crippen LogP contribution in [0.15, 0.2) is 12.2 Å². The van der Waals surface area contributed by atoms with Crippen LogP contribution in [0, 0.1) is 11.3 Å². The van der Waals surface area contributed by atoms with E-state index in [1.165, 1.54) is 18.4 Å². The number of allylic oxidation sites excluding steroid dienone is 1. The predicted octanol–water partition coefficient (Wildman–Crippen LogP) is 2.64. The highest BCUT2D eigenvalue weighted by Crippen LogP contribution is 2.46. The van der Waals surface area contributed by atoms with E-state index < -0.39 is 0 Å². The second-order valence-corrected chi connectivity index (χ2v) is 4.51. The Bertz CT molecular complexity index is 192. The fourth-order valence-corrected chi connectivity index (χ4v) is 2.67. The summed E-state index contributed by atoms with van der Waals surface area (Å²) in [6.45, 7) is 7.96. The summed E-state index contributed by atoms with van der Waals surface area (Å²) < 4.78 is 10.6. The molecule has 0 bridgehead atoms. The molecule has 1 rings (SSSR count). The minimum Gasteiger partial charge on any atom is -0.384 e. The van der Waals surface area contributed by atoms with Crippen molar-refractivity contribution in [2.75, 3.05) is 27.4 Å². The van der Waals surface area contributed by atoms with Gasteiger partial charge in [0.25, 0.3) is 0 Å². The van der Waals surface area contributed by atoms with Crippen LogP contribution < -0.4 is 0 Å². The Morgan fingerprint density at radius 2 is 1.93 bits per heavy atom. The van der Waals surface area contributed by atoms with Gasteiger partial charge in [0.15, 0.2) is 0 Å².